The molecule has 1 rings (SSSR count). The van der Waals surface area contributed by atoms with E-state index in [1.54, 1.807) is 0 Å². The summed E-state index contributed by atoms with van der Waals surface area (Å²) in [5, 5.41) is 0. The number of nitrogens with two attached hydrogens (primary N) is 1. The molecule has 0 radical (unpaired) electrons. The molecule has 0 aliphatic rings. The zero-order valence-electron chi connectivity index (χ0n) is 9.15. The minimum absolute atomic E-state index is 0.101. The Morgan fingerprint density at radius 2 is 2.20 bits per heavy atom. The lowest BCUT2D eigenvalue weighted by atomic mass is 10.2. The van der Waals surface area contributed by atoms with Crippen molar-refractivity contribution in [1.82, 2.24) is 9.97 Å². The van der Waals surface area contributed by atoms with Crippen LogP contribution in [0, 0.1) is 0 Å². The smallest absolute Gasteiger partial charge is 0.310 e. The molecule has 0 amide bonds. The van der Waals surface area contributed by atoms with Crippen molar-refractivity contribution in [2.24, 2.45) is 0 Å². The van der Waals surface area contributed by atoms with Crippen molar-refractivity contribution >= 4 is 11.8 Å². The maximum absolute atomic E-state index is 11.4. The fourth-order valence-corrected chi connectivity index (χ4v) is 1.04. The average molecular weight is 209 g/mol. The van der Waals surface area contributed by atoms with Gasteiger partial charge >= 0.3 is 5.97 Å². The predicted octanol–water partition coefficient (Wildman–Crippen LogP) is 0.943. The molecule has 0 spiro atoms. The second-order valence-electron chi connectivity index (χ2n) is 4.20. The van der Waals surface area contributed by atoms with Crippen molar-refractivity contribution < 1.29 is 9.53 Å². The van der Waals surface area contributed by atoms with Crippen LogP contribution < -0.4 is 5.73 Å². The first-order valence-corrected chi connectivity index (χ1v) is 4.65. The number of hydrogen-bond donors (Lipinski definition) is 1. The Bertz CT molecular complexity index is 358. The monoisotopic (exact) mass is 209 g/mol. The van der Waals surface area contributed by atoms with Crippen molar-refractivity contribution in [2.75, 3.05) is 5.73 Å². The van der Waals surface area contributed by atoms with E-state index >= 15 is 0 Å². The van der Waals surface area contributed by atoms with Crippen LogP contribution in [0.2, 0.25) is 0 Å². The van der Waals surface area contributed by atoms with Crippen LogP contribution in [0.5, 0.6) is 0 Å². The molecule has 0 aliphatic carbocycles. The molecule has 0 saturated heterocycles. The molecule has 0 aliphatic heterocycles. The number of nitrogen functional groups attached to an aromatic ring is 1. The lowest BCUT2D eigenvalue weighted by molar-refractivity contribution is -0.153. The minimum atomic E-state index is -0.485. The van der Waals surface area contributed by atoms with E-state index in [2.05, 4.69) is 9.97 Å². The summed E-state index contributed by atoms with van der Waals surface area (Å²) in [6.45, 7) is 5.45. The van der Waals surface area contributed by atoms with E-state index in [1.807, 2.05) is 20.8 Å². The summed E-state index contributed by atoms with van der Waals surface area (Å²) in [6.07, 6.45) is 2.96. The third kappa shape index (κ3) is 3.93. The van der Waals surface area contributed by atoms with E-state index in [0.717, 1.165) is 0 Å². The molecule has 0 bridgehead atoms. The van der Waals surface area contributed by atoms with Gasteiger partial charge in [0.1, 0.15) is 17.7 Å². The first-order chi connectivity index (χ1) is 6.88. The van der Waals surface area contributed by atoms with Gasteiger partial charge in [0.2, 0.25) is 0 Å². The average Bonchev–Trinajstić information content (AvgIpc) is 2.05. The topological polar surface area (TPSA) is 78.1 Å². The van der Waals surface area contributed by atoms with Crippen molar-refractivity contribution in [1.29, 1.82) is 0 Å². The summed E-state index contributed by atoms with van der Waals surface area (Å²) in [6, 6.07) is 0. The van der Waals surface area contributed by atoms with Crippen LogP contribution in [0.25, 0.3) is 0 Å². The Labute approximate surface area is 88.7 Å². The van der Waals surface area contributed by atoms with Gasteiger partial charge in [-0.25, -0.2) is 9.97 Å². The van der Waals surface area contributed by atoms with Gasteiger partial charge < -0.3 is 10.5 Å². The maximum atomic E-state index is 11.4. The van der Waals surface area contributed by atoms with E-state index in [-0.39, 0.29) is 12.4 Å². The summed E-state index contributed by atoms with van der Waals surface area (Å²) in [4.78, 5) is 19.0. The van der Waals surface area contributed by atoms with E-state index in [9.17, 15) is 4.79 Å². The van der Waals surface area contributed by atoms with Gasteiger partial charge in [-0.15, -0.1) is 0 Å². The van der Waals surface area contributed by atoms with Crippen molar-refractivity contribution in [3.8, 4) is 0 Å². The molecule has 1 heterocycles. The highest BCUT2D eigenvalue weighted by Crippen LogP contribution is 2.11. The number of carbonyl (C=O) groups excluding carboxylic acids is 1. The number of nitrogens with zero attached hydrogens (tertiary/aromatic N) is 2. The van der Waals surface area contributed by atoms with E-state index in [0.29, 0.717) is 11.4 Å². The molecule has 1 aromatic heterocycles. The number of rotatable bonds is 2. The number of esters is 1. The molecule has 0 unspecified atom stereocenters. The molecular formula is C10H15N3O2. The van der Waals surface area contributed by atoms with Crippen LogP contribution in [-0.2, 0) is 16.0 Å². The van der Waals surface area contributed by atoms with Gasteiger partial charge in [-0.3, -0.25) is 4.79 Å². The molecule has 5 nitrogen and oxygen atoms in total. The van der Waals surface area contributed by atoms with Crippen molar-refractivity contribution in [3.05, 3.63) is 18.1 Å². The van der Waals surface area contributed by atoms with Gasteiger partial charge in [0.05, 0.1) is 6.42 Å². The van der Waals surface area contributed by atoms with Crippen molar-refractivity contribution in [3.63, 3.8) is 0 Å². The van der Waals surface area contributed by atoms with Crippen molar-refractivity contribution in [2.45, 2.75) is 32.8 Å². The number of carbonyl (C=O) groups is 1. The molecule has 0 fully saturated rings. The highest BCUT2D eigenvalue weighted by Gasteiger charge is 2.17. The second-order valence-corrected chi connectivity index (χ2v) is 4.20. The standard InChI is InChI=1S/C10H15N3O2/c1-10(2,3)15-8(14)4-7-5-12-6-13-9(7)11/h5-6H,4H2,1-3H3,(H2,11,12,13). The van der Waals surface area contributed by atoms with Crippen LogP contribution >= 0.6 is 0 Å². The number of hydrogen-bond acceptors (Lipinski definition) is 5. The Morgan fingerprint density at radius 1 is 1.53 bits per heavy atom. The molecule has 1 aromatic rings. The van der Waals surface area contributed by atoms with Gasteiger partial charge in [0.25, 0.3) is 0 Å². The Hall–Kier alpha value is -1.65. The number of aromatic nitrogens is 2. The molecule has 2 N–H and O–H groups in total. The van der Waals surface area contributed by atoms with Gasteiger partial charge in [-0.05, 0) is 20.8 Å². The first-order valence-electron chi connectivity index (χ1n) is 4.65. The third-order valence-corrected chi connectivity index (χ3v) is 1.58. The molecule has 0 saturated carbocycles. The number of anilines is 1. The minimum Gasteiger partial charge on any atom is -0.460 e. The lowest BCUT2D eigenvalue weighted by Gasteiger charge is -2.19. The van der Waals surface area contributed by atoms with Crippen LogP contribution in [0.1, 0.15) is 26.3 Å². The van der Waals surface area contributed by atoms with Crippen LogP contribution in [0.3, 0.4) is 0 Å². The van der Waals surface area contributed by atoms with E-state index < -0.39 is 5.60 Å². The van der Waals surface area contributed by atoms with Gasteiger partial charge in [-0.1, -0.05) is 0 Å². The third-order valence-electron chi connectivity index (χ3n) is 1.58. The fraction of sp³-hybridized carbons (Fsp3) is 0.500. The highest BCUT2D eigenvalue weighted by molar-refractivity contribution is 5.74. The Kier molecular flexibility index (Phi) is 3.24. The first kappa shape index (κ1) is 11.4. The van der Waals surface area contributed by atoms with Gasteiger partial charge in [-0.2, -0.15) is 0 Å². The SMILES string of the molecule is CC(C)(C)OC(=O)Cc1cncnc1N. The molecular weight excluding hydrogens is 194 g/mol. The Morgan fingerprint density at radius 3 is 2.73 bits per heavy atom. The summed E-state index contributed by atoms with van der Waals surface area (Å²) in [5.74, 6) is -0.0140. The zero-order chi connectivity index (χ0) is 11.5. The van der Waals surface area contributed by atoms with Gasteiger partial charge in [0, 0.05) is 11.8 Å². The van der Waals surface area contributed by atoms with Gasteiger partial charge in [0.15, 0.2) is 0 Å². The zero-order valence-corrected chi connectivity index (χ0v) is 9.15. The quantitative estimate of drug-likeness (QED) is 0.733. The fourth-order valence-electron chi connectivity index (χ4n) is 1.04. The predicted molar refractivity (Wildman–Crippen MR) is 56.0 cm³/mol. The molecule has 0 atom stereocenters. The molecule has 0 aromatic carbocycles. The largest absolute Gasteiger partial charge is 0.460 e. The van der Waals surface area contributed by atoms with Crippen LogP contribution in [0.15, 0.2) is 12.5 Å². The van der Waals surface area contributed by atoms with E-state index in [4.69, 9.17) is 10.5 Å². The molecule has 5 heteroatoms. The van der Waals surface area contributed by atoms with E-state index in [1.165, 1.54) is 12.5 Å². The molecule has 15 heavy (non-hydrogen) atoms. The van der Waals surface area contributed by atoms with Crippen LogP contribution in [-0.4, -0.2) is 21.5 Å². The maximum Gasteiger partial charge on any atom is 0.310 e. The summed E-state index contributed by atoms with van der Waals surface area (Å²) in [5.41, 5.74) is 5.68. The second kappa shape index (κ2) is 4.25. The molecule has 82 valence electrons. The number of ether oxygens (including phenoxy) is 1. The summed E-state index contributed by atoms with van der Waals surface area (Å²) in [7, 11) is 0. The summed E-state index contributed by atoms with van der Waals surface area (Å²) >= 11 is 0. The van der Waals surface area contributed by atoms with Crippen LogP contribution in [0.4, 0.5) is 5.82 Å². The Balaban J connectivity index is 2.64. The normalized spacial score (nSPS) is 11.1. The summed E-state index contributed by atoms with van der Waals surface area (Å²) < 4.78 is 5.15. The highest BCUT2D eigenvalue weighted by atomic mass is 16.6. The lowest BCUT2D eigenvalue weighted by Crippen LogP contribution is -2.25.